The minimum Gasteiger partial charge on any atom is -0.465 e. The number of aromatic nitrogens is 1. The number of guanidine groups is 1. The molecule has 142 valence electrons. The van der Waals surface area contributed by atoms with E-state index in [4.69, 9.17) is 4.42 Å². The highest BCUT2D eigenvalue weighted by molar-refractivity contribution is 7.09. The highest BCUT2D eigenvalue weighted by atomic mass is 32.1. The smallest absolute Gasteiger partial charge is 0.193 e. The van der Waals surface area contributed by atoms with Crippen LogP contribution >= 0.6 is 11.3 Å². The fraction of sp³-hybridized carbons (Fsp3) is 0.579. The van der Waals surface area contributed by atoms with Gasteiger partial charge in [-0.2, -0.15) is 0 Å². The first-order valence-electron chi connectivity index (χ1n) is 9.20. The Hall–Kier alpha value is -1.86. The molecule has 1 aliphatic rings. The highest BCUT2D eigenvalue weighted by Gasteiger charge is 2.26. The molecule has 0 amide bonds. The Morgan fingerprint density at radius 1 is 1.38 bits per heavy atom. The summed E-state index contributed by atoms with van der Waals surface area (Å²) in [5.74, 6) is 2.87. The van der Waals surface area contributed by atoms with Crippen molar-refractivity contribution in [3.63, 3.8) is 0 Å². The minimum absolute atomic E-state index is 0.234. The topological polar surface area (TPSA) is 56.9 Å². The van der Waals surface area contributed by atoms with Crippen LogP contribution in [0, 0.1) is 13.8 Å². The van der Waals surface area contributed by atoms with Crippen LogP contribution in [0.3, 0.4) is 0 Å². The van der Waals surface area contributed by atoms with E-state index in [-0.39, 0.29) is 6.04 Å². The summed E-state index contributed by atoms with van der Waals surface area (Å²) in [7, 11) is 3.87. The van der Waals surface area contributed by atoms with Gasteiger partial charge in [-0.15, -0.1) is 11.3 Å². The molecule has 0 aromatic carbocycles. The second-order valence-corrected chi connectivity index (χ2v) is 7.91. The average molecular weight is 376 g/mol. The third-order valence-corrected chi connectivity index (χ3v) is 5.59. The van der Waals surface area contributed by atoms with Gasteiger partial charge in [-0.25, -0.2) is 4.98 Å². The normalized spacial score (nSPS) is 16.8. The zero-order valence-electron chi connectivity index (χ0n) is 16.2. The molecule has 0 aliphatic carbocycles. The average Bonchev–Trinajstić information content (AvgIpc) is 3.35. The number of nitrogens with one attached hydrogen (secondary N) is 1. The molecule has 2 aromatic heterocycles. The van der Waals surface area contributed by atoms with E-state index in [1.165, 1.54) is 12.8 Å². The van der Waals surface area contributed by atoms with E-state index in [2.05, 4.69) is 36.5 Å². The van der Waals surface area contributed by atoms with Crippen molar-refractivity contribution < 1.29 is 4.42 Å². The van der Waals surface area contributed by atoms with E-state index in [0.717, 1.165) is 54.4 Å². The van der Waals surface area contributed by atoms with Crippen molar-refractivity contribution in [2.75, 3.05) is 33.7 Å². The predicted molar refractivity (Wildman–Crippen MR) is 107 cm³/mol. The van der Waals surface area contributed by atoms with E-state index in [1.54, 1.807) is 11.3 Å². The molecule has 0 spiro atoms. The van der Waals surface area contributed by atoms with Gasteiger partial charge in [0.05, 0.1) is 23.3 Å². The van der Waals surface area contributed by atoms with Crippen molar-refractivity contribution in [2.45, 2.75) is 39.3 Å². The van der Waals surface area contributed by atoms with Gasteiger partial charge in [-0.05, 0) is 51.9 Å². The molecule has 2 aromatic rings. The molecule has 1 fully saturated rings. The zero-order chi connectivity index (χ0) is 18.5. The predicted octanol–water partition coefficient (Wildman–Crippen LogP) is 3.20. The van der Waals surface area contributed by atoms with Gasteiger partial charge in [0.15, 0.2) is 5.96 Å². The summed E-state index contributed by atoms with van der Waals surface area (Å²) in [4.78, 5) is 13.6. The Balaban J connectivity index is 1.64. The maximum Gasteiger partial charge on any atom is 0.193 e. The number of aliphatic imine (C=N–C) groups is 1. The van der Waals surface area contributed by atoms with Crippen LogP contribution in [0.4, 0.5) is 0 Å². The maximum atomic E-state index is 5.94. The maximum absolute atomic E-state index is 5.94. The summed E-state index contributed by atoms with van der Waals surface area (Å²) in [6, 6.07) is 4.38. The molecule has 3 rings (SSSR count). The summed E-state index contributed by atoms with van der Waals surface area (Å²) in [5, 5.41) is 6.74. The summed E-state index contributed by atoms with van der Waals surface area (Å²) in [5.41, 5.74) is 1.08. The van der Waals surface area contributed by atoms with E-state index < -0.39 is 0 Å². The summed E-state index contributed by atoms with van der Waals surface area (Å²) >= 11 is 1.68. The van der Waals surface area contributed by atoms with E-state index in [9.17, 15) is 0 Å². The molecule has 26 heavy (non-hydrogen) atoms. The largest absolute Gasteiger partial charge is 0.465 e. The van der Waals surface area contributed by atoms with Crippen molar-refractivity contribution in [1.29, 1.82) is 0 Å². The lowest BCUT2D eigenvalue weighted by Gasteiger charge is -2.28. The molecule has 0 bridgehead atoms. The quantitative estimate of drug-likeness (QED) is 0.621. The van der Waals surface area contributed by atoms with Crippen LogP contribution in [0.1, 0.15) is 41.1 Å². The third-order valence-electron chi connectivity index (χ3n) is 4.76. The summed E-state index contributed by atoms with van der Waals surface area (Å²) < 4.78 is 5.94. The Kier molecular flexibility index (Phi) is 6.32. The standard InChI is InChI=1S/C19H29N5OS/c1-14-7-8-18(25-14)17(24-9-5-6-10-24)11-21-19(20-3)23(4)12-16-13-26-15(2)22-16/h7-8,13,17H,5-6,9-12H2,1-4H3,(H,20,21). The number of likely N-dealkylation sites (tertiary alicyclic amines) is 1. The molecule has 6 nitrogen and oxygen atoms in total. The molecule has 3 heterocycles. The molecular weight excluding hydrogens is 346 g/mol. The van der Waals surface area contributed by atoms with E-state index in [1.807, 2.05) is 34.0 Å². The zero-order valence-corrected chi connectivity index (χ0v) is 17.0. The Morgan fingerprint density at radius 2 is 2.15 bits per heavy atom. The Bertz CT molecular complexity index is 732. The first kappa shape index (κ1) is 18.9. The number of hydrogen-bond donors (Lipinski definition) is 1. The van der Waals surface area contributed by atoms with Crippen LogP contribution in [0.25, 0.3) is 0 Å². The van der Waals surface area contributed by atoms with Crippen LogP contribution in [0.5, 0.6) is 0 Å². The van der Waals surface area contributed by atoms with Crippen molar-refractivity contribution in [1.82, 2.24) is 20.1 Å². The van der Waals surface area contributed by atoms with E-state index >= 15 is 0 Å². The molecule has 0 saturated carbocycles. The SMILES string of the molecule is CN=C(NCC(c1ccc(C)o1)N1CCCC1)N(C)Cc1csc(C)n1. The number of furan rings is 1. The van der Waals surface area contributed by atoms with E-state index in [0.29, 0.717) is 0 Å². The van der Waals surface area contributed by atoms with Crippen molar-refractivity contribution in [3.05, 3.63) is 39.7 Å². The van der Waals surface area contributed by atoms with Crippen LogP contribution in [-0.4, -0.2) is 54.5 Å². The van der Waals surface area contributed by atoms with Gasteiger partial charge in [0, 0.05) is 26.0 Å². The molecule has 0 radical (unpaired) electrons. The molecule has 1 saturated heterocycles. The Morgan fingerprint density at radius 3 is 2.73 bits per heavy atom. The number of hydrogen-bond acceptors (Lipinski definition) is 5. The molecule has 1 atom stereocenters. The van der Waals surface area contributed by atoms with Gasteiger partial charge in [0.2, 0.25) is 0 Å². The fourth-order valence-electron chi connectivity index (χ4n) is 3.47. The van der Waals surface area contributed by atoms with Gasteiger partial charge in [-0.1, -0.05) is 0 Å². The summed E-state index contributed by atoms with van der Waals surface area (Å²) in [6.07, 6.45) is 2.52. The molecular formula is C19H29N5OS. The second kappa shape index (κ2) is 8.68. The monoisotopic (exact) mass is 375 g/mol. The highest BCUT2D eigenvalue weighted by Crippen LogP contribution is 2.26. The Labute approximate surface area is 159 Å². The number of rotatable bonds is 6. The van der Waals surface area contributed by atoms with Crippen molar-refractivity contribution >= 4 is 17.3 Å². The van der Waals surface area contributed by atoms with Gasteiger partial charge in [0.25, 0.3) is 0 Å². The fourth-order valence-corrected chi connectivity index (χ4v) is 4.07. The first-order chi connectivity index (χ1) is 12.6. The lowest BCUT2D eigenvalue weighted by atomic mass is 10.2. The van der Waals surface area contributed by atoms with Gasteiger partial charge >= 0.3 is 0 Å². The molecule has 1 N–H and O–H groups in total. The lowest BCUT2D eigenvalue weighted by Crippen LogP contribution is -2.43. The van der Waals surface area contributed by atoms with Crippen molar-refractivity contribution in [3.8, 4) is 0 Å². The number of thiazole rings is 1. The van der Waals surface area contributed by atoms with Crippen molar-refractivity contribution in [2.24, 2.45) is 4.99 Å². The van der Waals surface area contributed by atoms with Crippen LogP contribution < -0.4 is 5.32 Å². The number of nitrogens with zero attached hydrogens (tertiary/aromatic N) is 4. The molecule has 1 unspecified atom stereocenters. The van der Waals surface area contributed by atoms with Crippen LogP contribution in [0.15, 0.2) is 26.9 Å². The minimum atomic E-state index is 0.234. The summed E-state index contributed by atoms with van der Waals surface area (Å²) in [6.45, 7) is 7.81. The van der Waals surface area contributed by atoms with Crippen LogP contribution in [0.2, 0.25) is 0 Å². The lowest BCUT2D eigenvalue weighted by molar-refractivity contribution is 0.212. The number of aryl methyl sites for hydroxylation is 2. The second-order valence-electron chi connectivity index (χ2n) is 6.85. The van der Waals surface area contributed by atoms with Gasteiger partial charge in [0.1, 0.15) is 11.5 Å². The van der Waals surface area contributed by atoms with Gasteiger partial charge < -0.3 is 14.6 Å². The van der Waals surface area contributed by atoms with Gasteiger partial charge in [-0.3, -0.25) is 9.89 Å². The van der Waals surface area contributed by atoms with Crippen LogP contribution in [-0.2, 0) is 6.54 Å². The third kappa shape index (κ3) is 4.65. The first-order valence-corrected chi connectivity index (χ1v) is 10.1. The molecule has 1 aliphatic heterocycles. The molecule has 7 heteroatoms.